The Balaban J connectivity index is 2.51. The topological polar surface area (TPSA) is 55.8 Å². The van der Waals surface area contributed by atoms with Gasteiger partial charge in [-0.3, -0.25) is 0 Å². The third kappa shape index (κ3) is 3.54. The number of terminal acetylenes is 1. The molecule has 0 aliphatic heterocycles. The van der Waals surface area contributed by atoms with Crippen LogP contribution >= 0.6 is 0 Å². The Morgan fingerprint density at radius 2 is 2.12 bits per heavy atom. The van der Waals surface area contributed by atoms with Crippen LogP contribution in [0.25, 0.3) is 0 Å². The van der Waals surface area contributed by atoms with Crippen LogP contribution < -0.4 is 4.74 Å². The van der Waals surface area contributed by atoms with Gasteiger partial charge in [-0.15, -0.1) is 6.42 Å². The number of ether oxygens (including phenoxy) is 2. The van der Waals surface area contributed by atoms with Crippen LogP contribution in [0.4, 0.5) is 0 Å². The lowest BCUT2D eigenvalue weighted by molar-refractivity contribution is -0.149. The number of carbonyl (C=O) groups excluding carboxylic acids is 1. The highest BCUT2D eigenvalue weighted by Gasteiger charge is 2.15. The van der Waals surface area contributed by atoms with Crippen molar-refractivity contribution in [1.29, 1.82) is 0 Å². The van der Waals surface area contributed by atoms with Crippen LogP contribution in [0.1, 0.15) is 6.92 Å². The largest absolute Gasteiger partial charge is 0.508 e. The van der Waals surface area contributed by atoms with Crippen LogP contribution in [0.5, 0.6) is 11.5 Å². The average molecular weight is 220 g/mol. The number of rotatable bonds is 4. The van der Waals surface area contributed by atoms with Gasteiger partial charge in [-0.25, -0.2) is 4.79 Å². The Hall–Kier alpha value is -2.15. The summed E-state index contributed by atoms with van der Waals surface area (Å²) in [7, 11) is 0. The molecule has 1 rings (SSSR count). The molecule has 0 bridgehead atoms. The highest BCUT2D eigenvalue weighted by Crippen LogP contribution is 2.17. The van der Waals surface area contributed by atoms with Gasteiger partial charge >= 0.3 is 5.97 Å². The van der Waals surface area contributed by atoms with Crippen LogP contribution in [0.2, 0.25) is 0 Å². The molecule has 1 atom stereocenters. The SMILES string of the molecule is C#CCOC(=O)C(C)Oc1ccc(O)cc1. The van der Waals surface area contributed by atoms with E-state index in [-0.39, 0.29) is 12.4 Å². The van der Waals surface area contributed by atoms with Crippen molar-refractivity contribution in [2.24, 2.45) is 0 Å². The first-order chi connectivity index (χ1) is 7.63. The van der Waals surface area contributed by atoms with Crippen LogP contribution in [0, 0.1) is 12.3 Å². The zero-order chi connectivity index (χ0) is 12.0. The molecule has 0 spiro atoms. The third-order valence-corrected chi connectivity index (χ3v) is 1.78. The normalized spacial score (nSPS) is 11.2. The van der Waals surface area contributed by atoms with E-state index >= 15 is 0 Å². The average Bonchev–Trinajstić information content (AvgIpc) is 2.29. The Kier molecular flexibility index (Phi) is 4.22. The van der Waals surface area contributed by atoms with E-state index in [1.54, 1.807) is 19.1 Å². The number of hydrogen-bond donors (Lipinski definition) is 1. The molecule has 0 saturated heterocycles. The van der Waals surface area contributed by atoms with Gasteiger partial charge in [0.2, 0.25) is 0 Å². The molecule has 0 aliphatic carbocycles. The molecule has 0 aromatic heterocycles. The van der Waals surface area contributed by atoms with Gasteiger partial charge in [0.05, 0.1) is 0 Å². The van der Waals surface area contributed by atoms with Crippen LogP contribution in [0.15, 0.2) is 24.3 Å². The quantitative estimate of drug-likeness (QED) is 0.614. The zero-order valence-corrected chi connectivity index (χ0v) is 8.84. The number of phenolic OH excluding ortho intramolecular Hbond substituents is 1. The summed E-state index contributed by atoms with van der Waals surface area (Å²) in [6.07, 6.45) is 4.21. The van der Waals surface area contributed by atoms with Crippen molar-refractivity contribution in [2.45, 2.75) is 13.0 Å². The standard InChI is InChI=1S/C12H12O4/c1-3-8-15-12(14)9(2)16-11-6-4-10(13)5-7-11/h1,4-7,9,13H,8H2,2H3. The predicted molar refractivity (Wildman–Crippen MR) is 58.0 cm³/mol. The van der Waals surface area contributed by atoms with Crippen molar-refractivity contribution in [3.8, 4) is 23.8 Å². The van der Waals surface area contributed by atoms with E-state index in [1.807, 2.05) is 0 Å². The van der Waals surface area contributed by atoms with E-state index in [1.165, 1.54) is 12.1 Å². The molecule has 84 valence electrons. The Bertz CT molecular complexity index is 388. The van der Waals surface area contributed by atoms with E-state index in [9.17, 15) is 4.79 Å². The maximum Gasteiger partial charge on any atom is 0.347 e. The minimum Gasteiger partial charge on any atom is -0.508 e. The molecule has 0 fully saturated rings. The van der Waals surface area contributed by atoms with Crippen LogP contribution in [0.3, 0.4) is 0 Å². The van der Waals surface area contributed by atoms with Crippen molar-refractivity contribution in [1.82, 2.24) is 0 Å². The summed E-state index contributed by atoms with van der Waals surface area (Å²) in [6.45, 7) is 1.49. The Morgan fingerprint density at radius 1 is 1.50 bits per heavy atom. The second kappa shape index (κ2) is 5.66. The van der Waals surface area contributed by atoms with E-state index in [4.69, 9.17) is 21.0 Å². The number of phenols is 1. The van der Waals surface area contributed by atoms with Crippen molar-refractivity contribution in [2.75, 3.05) is 6.61 Å². The highest BCUT2D eigenvalue weighted by molar-refractivity contribution is 5.74. The molecular formula is C12H12O4. The molecule has 0 saturated carbocycles. The molecular weight excluding hydrogens is 208 g/mol. The minimum atomic E-state index is -0.738. The maximum absolute atomic E-state index is 11.3. The van der Waals surface area contributed by atoms with E-state index in [0.29, 0.717) is 5.75 Å². The first kappa shape index (κ1) is 11.9. The lowest BCUT2D eigenvalue weighted by atomic mass is 10.3. The third-order valence-electron chi connectivity index (χ3n) is 1.78. The summed E-state index contributed by atoms with van der Waals surface area (Å²) >= 11 is 0. The van der Waals surface area contributed by atoms with Crippen LogP contribution in [-0.4, -0.2) is 23.8 Å². The smallest absolute Gasteiger partial charge is 0.347 e. The summed E-state index contributed by atoms with van der Waals surface area (Å²) in [5.41, 5.74) is 0. The summed E-state index contributed by atoms with van der Waals surface area (Å²) < 4.78 is 9.97. The molecule has 0 radical (unpaired) electrons. The van der Waals surface area contributed by atoms with Gasteiger partial charge in [0.25, 0.3) is 0 Å². The number of aromatic hydroxyl groups is 1. The van der Waals surface area contributed by atoms with Gasteiger partial charge in [0, 0.05) is 0 Å². The lowest BCUT2D eigenvalue weighted by Gasteiger charge is -2.12. The molecule has 1 aromatic carbocycles. The summed E-state index contributed by atoms with van der Waals surface area (Å²) in [5, 5.41) is 9.05. The van der Waals surface area contributed by atoms with Gasteiger partial charge in [-0.2, -0.15) is 0 Å². The molecule has 0 heterocycles. The Morgan fingerprint density at radius 3 is 2.69 bits per heavy atom. The monoisotopic (exact) mass is 220 g/mol. The summed E-state index contributed by atoms with van der Waals surface area (Å²) in [5.74, 6) is 2.28. The molecule has 0 amide bonds. The molecule has 1 aromatic rings. The molecule has 4 heteroatoms. The van der Waals surface area contributed by atoms with Gasteiger partial charge < -0.3 is 14.6 Å². The van der Waals surface area contributed by atoms with Gasteiger partial charge in [-0.1, -0.05) is 5.92 Å². The van der Waals surface area contributed by atoms with Gasteiger partial charge in [0.15, 0.2) is 12.7 Å². The number of hydrogen-bond acceptors (Lipinski definition) is 4. The van der Waals surface area contributed by atoms with E-state index < -0.39 is 12.1 Å². The van der Waals surface area contributed by atoms with Crippen molar-refractivity contribution >= 4 is 5.97 Å². The maximum atomic E-state index is 11.3. The lowest BCUT2D eigenvalue weighted by Crippen LogP contribution is -2.26. The zero-order valence-electron chi connectivity index (χ0n) is 8.84. The number of carbonyl (C=O) groups is 1. The molecule has 4 nitrogen and oxygen atoms in total. The van der Waals surface area contributed by atoms with Crippen molar-refractivity contribution in [3.63, 3.8) is 0 Å². The predicted octanol–water partition coefficient (Wildman–Crippen LogP) is 1.34. The molecule has 16 heavy (non-hydrogen) atoms. The molecule has 0 aliphatic rings. The van der Waals surface area contributed by atoms with Gasteiger partial charge in [0.1, 0.15) is 11.5 Å². The fourth-order valence-electron chi connectivity index (χ4n) is 1.01. The second-order valence-corrected chi connectivity index (χ2v) is 3.07. The number of benzene rings is 1. The second-order valence-electron chi connectivity index (χ2n) is 3.07. The molecule has 1 N–H and O–H groups in total. The first-order valence-corrected chi connectivity index (χ1v) is 4.69. The van der Waals surface area contributed by atoms with Gasteiger partial charge in [-0.05, 0) is 31.2 Å². The minimum absolute atomic E-state index is 0.0674. The fourth-order valence-corrected chi connectivity index (χ4v) is 1.01. The van der Waals surface area contributed by atoms with Crippen molar-refractivity contribution < 1.29 is 19.4 Å². The van der Waals surface area contributed by atoms with E-state index in [0.717, 1.165) is 0 Å². The summed E-state index contributed by atoms with van der Waals surface area (Å²) in [4.78, 5) is 11.3. The van der Waals surface area contributed by atoms with Crippen LogP contribution in [-0.2, 0) is 9.53 Å². The highest BCUT2D eigenvalue weighted by atomic mass is 16.6. The number of esters is 1. The van der Waals surface area contributed by atoms with Crippen molar-refractivity contribution in [3.05, 3.63) is 24.3 Å². The first-order valence-electron chi connectivity index (χ1n) is 4.69. The molecule has 1 unspecified atom stereocenters. The van der Waals surface area contributed by atoms with E-state index in [2.05, 4.69) is 5.92 Å². The summed E-state index contributed by atoms with van der Waals surface area (Å²) in [6, 6.07) is 6.05. The fraction of sp³-hybridized carbons (Fsp3) is 0.250. The Labute approximate surface area is 93.8 Å².